The number of hydrogen-bond donors (Lipinski definition) is 1. The first-order valence-electron chi connectivity index (χ1n) is 7.15. The molecule has 2 aromatic heterocycles. The average molecular weight is 343 g/mol. The van der Waals surface area contributed by atoms with Crippen LogP contribution in [0.4, 0.5) is 4.39 Å². The lowest BCUT2D eigenvalue weighted by Gasteiger charge is -2.08. The Morgan fingerprint density at radius 3 is 2.38 bits per heavy atom. The van der Waals surface area contributed by atoms with E-state index in [1.807, 2.05) is 18.2 Å². The molecule has 24 heavy (non-hydrogen) atoms. The fourth-order valence-electron chi connectivity index (χ4n) is 2.14. The third-order valence-corrected chi connectivity index (χ3v) is 4.81. The molecule has 0 atom stereocenters. The number of halogens is 1. The summed E-state index contributed by atoms with van der Waals surface area (Å²) in [5, 5.41) is 0. The standard InChI is InChI=1S/C17H14FN3O2S/c18-15-1-3-16(4-2-15)24(22,23)21-12-13-5-10-20-17(11-13)14-6-8-19-9-7-14/h1-11,21H,12H2. The Balaban J connectivity index is 1.76. The van der Waals surface area contributed by atoms with Crippen LogP contribution in [0.2, 0.25) is 0 Å². The van der Waals surface area contributed by atoms with E-state index in [9.17, 15) is 12.8 Å². The lowest BCUT2D eigenvalue weighted by molar-refractivity contribution is 0.580. The van der Waals surface area contributed by atoms with Crippen LogP contribution in [0.1, 0.15) is 5.56 Å². The molecule has 0 bridgehead atoms. The summed E-state index contributed by atoms with van der Waals surface area (Å²) in [6.45, 7) is 0.111. The molecule has 7 heteroatoms. The van der Waals surface area contributed by atoms with Gasteiger partial charge in [0.1, 0.15) is 5.82 Å². The average Bonchev–Trinajstić information content (AvgIpc) is 2.61. The monoisotopic (exact) mass is 343 g/mol. The van der Waals surface area contributed by atoms with Gasteiger partial charge in [0.25, 0.3) is 0 Å². The Labute approximate surface area is 139 Å². The zero-order valence-corrected chi connectivity index (χ0v) is 13.4. The molecule has 122 valence electrons. The van der Waals surface area contributed by atoms with E-state index in [2.05, 4.69) is 14.7 Å². The van der Waals surface area contributed by atoms with E-state index >= 15 is 0 Å². The maximum absolute atomic E-state index is 12.9. The van der Waals surface area contributed by atoms with Gasteiger partial charge < -0.3 is 0 Å². The van der Waals surface area contributed by atoms with E-state index in [-0.39, 0.29) is 11.4 Å². The van der Waals surface area contributed by atoms with Crippen molar-refractivity contribution >= 4 is 10.0 Å². The number of sulfonamides is 1. The maximum Gasteiger partial charge on any atom is 0.240 e. The topological polar surface area (TPSA) is 72.0 Å². The van der Waals surface area contributed by atoms with Gasteiger partial charge in [-0.2, -0.15) is 0 Å². The molecule has 1 N–H and O–H groups in total. The lowest BCUT2D eigenvalue weighted by Crippen LogP contribution is -2.23. The highest BCUT2D eigenvalue weighted by Gasteiger charge is 2.13. The maximum atomic E-state index is 12.9. The Hall–Kier alpha value is -2.64. The summed E-state index contributed by atoms with van der Waals surface area (Å²) in [5.74, 6) is -0.481. The summed E-state index contributed by atoms with van der Waals surface area (Å²) in [7, 11) is -3.70. The fourth-order valence-corrected chi connectivity index (χ4v) is 3.16. The molecular formula is C17H14FN3O2S. The predicted octanol–water partition coefficient (Wildman–Crippen LogP) is 2.76. The zero-order chi connectivity index (χ0) is 17.0. The second kappa shape index (κ2) is 6.86. The Kier molecular flexibility index (Phi) is 4.64. The normalized spacial score (nSPS) is 11.4. The molecule has 0 aliphatic carbocycles. The van der Waals surface area contributed by atoms with Crippen molar-refractivity contribution in [2.75, 3.05) is 0 Å². The minimum Gasteiger partial charge on any atom is -0.265 e. The van der Waals surface area contributed by atoms with Crippen LogP contribution in [0.25, 0.3) is 11.3 Å². The van der Waals surface area contributed by atoms with Crippen molar-refractivity contribution in [1.82, 2.24) is 14.7 Å². The smallest absolute Gasteiger partial charge is 0.240 e. The Bertz CT molecular complexity index is 930. The predicted molar refractivity (Wildman–Crippen MR) is 87.9 cm³/mol. The van der Waals surface area contributed by atoms with Crippen LogP contribution < -0.4 is 4.72 Å². The second-order valence-electron chi connectivity index (χ2n) is 5.06. The van der Waals surface area contributed by atoms with Crippen LogP contribution >= 0.6 is 0 Å². The lowest BCUT2D eigenvalue weighted by atomic mass is 10.1. The van der Waals surface area contributed by atoms with Crippen LogP contribution in [0.5, 0.6) is 0 Å². The number of nitrogens with one attached hydrogen (secondary N) is 1. The number of benzene rings is 1. The molecule has 2 heterocycles. The SMILES string of the molecule is O=S(=O)(NCc1ccnc(-c2ccncc2)c1)c1ccc(F)cc1. The molecule has 1 aromatic carbocycles. The summed E-state index contributed by atoms with van der Waals surface area (Å²) in [5.41, 5.74) is 2.40. The number of rotatable bonds is 5. The zero-order valence-electron chi connectivity index (χ0n) is 12.6. The second-order valence-corrected chi connectivity index (χ2v) is 6.83. The molecule has 0 unspecified atom stereocenters. The quantitative estimate of drug-likeness (QED) is 0.773. The third-order valence-electron chi connectivity index (χ3n) is 3.39. The van der Waals surface area contributed by atoms with E-state index in [1.165, 1.54) is 12.1 Å². The molecular weight excluding hydrogens is 329 g/mol. The summed E-state index contributed by atoms with van der Waals surface area (Å²) < 4.78 is 39.8. The minimum atomic E-state index is -3.70. The Morgan fingerprint density at radius 1 is 0.958 bits per heavy atom. The van der Waals surface area contributed by atoms with Gasteiger partial charge in [0.05, 0.1) is 10.6 Å². The van der Waals surface area contributed by atoms with Gasteiger partial charge in [-0.15, -0.1) is 0 Å². The third kappa shape index (κ3) is 3.81. The van der Waals surface area contributed by atoms with Crippen molar-refractivity contribution in [1.29, 1.82) is 0 Å². The summed E-state index contributed by atoms with van der Waals surface area (Å²) >= 11 is 0. The van der Waals surface area contributed by atoms with Crippen LogP contribution in [-0.2, 0) is 16.6 Å². The molecule has 3 rings (SSSR count). The molecule has 3 aromatic rings. The first-order chi connectivity index (χ1) is 11.5. The number of hydrogen-bond acceptors (Lipinski definition) is 4. The van der Waals surface area contributed by atoms with Gasteiger partial charge in [-0.05, 0) is 54.1 Å². The van der Waals surface area contributed by atoms with Crippen molar-refractivity contribution in [3.05, 3.63) is 78.5 Å². The number of nitrogens with zero attached hydrogens (tertiary/aromatic N) is 2. The van der Waals surface area contributed by atoms with Crippen LogP contribution in [-0.4, -0.2) is 18.4 Å². The van der Waals surface area contributed by atoms with Crippen LogP contribution in [0.15, 0.2) is 72.0 Å². The number of pyridine rings is 2. The summed E-state index contributed by atoms with van der Waals surface area (Å²) in [4.78, 5) is 8.25. The van der Waals surface area contributed by atoms with Gasteiger partial charge in [0.2, 0.25) is 10.0 Å². The van der Waals surface area contributed by atoms with E-state index in [4.69, 9.17) is 0 Å². The molecule has 0 aliphatic heterocycles. The van der Waals surface area contributed by atoms with Gasteiger partial charge >= 0.3 is 0 Å². The van der Waals surface area contributed by atoms with Gasteiger partial charge in [0.15, 0.2) is 0 Å². The van der Waals surface area contributed by atoms with Gasteiger partial charge in [-0.25, -0.2) is 17.5 Å². The van der Waals surface area contributed by atoms with Gasteiger partial charge in [-0.3, -0.25) is 9.97 Å². The molecule has 0 aliphatic rings. The molecule has 0 amide bonds. The number of aromatic nitrogens is 2. The fraction of sp³-hybridized carbons (Fsp3) is 0.0588. The molecule has 5 nitrogen and oxygen atoms in total. The molecule has 0 radical (unpaired) electrons. The Morgan fingerprint density at radius 2 is 1.67 bits per heavy atom. The first-order valence-corrected chi connectivity index (χ1v) is 8.63. The largest absolute Gasteiger partial charge is 0.265 e. The molecule has 0 fully saturated rings. The van der Waals surface area contributed by atoms with E-state index in [0.29, 0.717) is 0 Å². The van der Waals surface area contributed by atoms with Crippen molar-refractivity contribution in [3.8, 4) is 11.3 Å². The highest BCUT2D eigenvalue weighted by atomic mass is 32.2. The summed E-state index contributed by atoms with van der Waals surface area (Å²) in [6, 6.07) is 11.9. The van der Waals surface area contributed by atoms with E-state index in [1.54, 1.807) is 24.7 Å². The molecule has 0 saturated carbocycles. The summed E-state index contributed by atoms with van der Waals surface area (Å²) in [6.07, 6.45) is 4.96. The van der Waals surface area contributed by atoms with Gasteiger partial charge in [-0.1, -0.05) is 0 Å². The highest BCUT2D eigenvalue weighted by Crippen LogP contribution is 2.17. The molecule has 0 spiro atoms. The van der Waals surface area contributed by atoms with E-state index in [0.717, 1.165) is 29.0 Å². The van der Waals surface area contributed by atoms with Crippen molar-refractivity contribution in [3.63, 3.8) is 0 Å². The van der Waals surface area contributed by atoms with Crippen molar-refractivity contribution in [2.45, 2.75) is 11.4 Å². The van der Waals surface area contributed by atoms with Crippen molar-refractivity contribution in [2.24, 2.45) is 0 Å². The first kappa shape index (κ1) is 16.2. The van der Waals surface area contributed by atoms with Gasteiger partial charge in [0, 0.05) is 30.7 Å². The highest BCUT2D eigenvalue weighted by molar-refractivity contribution is 7.89. The molecule has 0 saturated heterocycles. The van der Waals surface area contributed by atoms with E-state index < -0.39 is 15.8 Å². The van der Waals surface area contributed by atoms with Crippen molar-refractivity contribution < 1.29 is 12.8 Å². The van der Waals surface area contributed by atoms with Crippen LogP contribution in [0.3, 0.4) is 0 Å². The van der Waals surface area contributed by atoms with Crippen LogP contribution in [0, 0.1) is 5.82 Å². The minimum absolute atomic E-state index is 0.0207.